The molecule has 0 saturated carbocycles. The molecule has 1 atom stereocenters. The van der Waals surface area contributed by atoms with Gasteiger partial charge >= 0.3 is 0 Å². The highest BCUT2D eigenvalue weighted by Crippen LogP contribution is 2.19. The molecule has 0 radical (unpaired) electrons. The molecule has 1 unspecified atom stereocenters. The van der Waals surface area contributed by atoms with Crippen LogP contribution in [-0.4, -0.2) is 36.2 Å². The second-order valence-corrected chi connectivity index (χ2v) is 7.00. The van der Waals surface area contributed by atoms with Crippen LogP contribution in [0.1, 0.15) is 90.4 Å². The third-order valence-corrected chi connectivity index (χ3v) is 4.97. The summed E-state index contributed by atoms with van der Waals surface area (Å²) in [6.45, 7) is 6.47. The Morgan fingerprint density at radius 3 is 2.14 bits per heavy atom. The second kappa shape index (κ2) is 13.6. The Labute approximate surface area is 133 Å². The fourth-order valence-corrected chi connectivity index (χ4v) is 3.60. The number of piperidine rings is 1. The maximum absolute atomic E-state index is 9.05. The third-order valence-electron chi connectivity index (χ3n) is 4.97. The van der Waals surface area contributed by atoms with Crippen LogP contribution in [0.5, 0.6) is 0 Å². The molecular formula is C19H39NO. The van der Waals surface area contributed by atoms with Crippen LogP contribution in [0.2, 0.25) is 0 Å². The lowest BCUT2D eigenvalue weighted by atomic mass is 9.95. The van der Waals surface area contributed by atoms with Crippen LogP contribution in [0.15, 0.2) is 0 Å². The van der Waals surface area contributed by atoms with Crippen molar-refractivity contribution in [1.29, 1.82) is 0 Å². The summed E-state index contributed by atoms with van der Waals surface area (Å²) < 4.78 is 0. The number of nitrogens with zero attached hydrogens (tertiary/aromatic N) is 1. The van der Waals surface area contributed by atoms with Gasteiger partial charge in [-0.3, -0.25) is 0 Å². The first-order valence-corrected chi connectivity index (χ1v) is 9.70. The van der Waals surface area contributed by atoms with Crippen molar-refractivity contribution in [3.05, 3.63) is 0 Å². The Balaban J connectivity index is 1.85. The fourth-order valence-electron chi connectivity index (χ4n) is 3.60. The largest absolute Gasteiger partial charge is 0.396 e. The van der Waals surface area contributed by atoms with Crippen molar-refractivity contribution < 1.29 is 5.11 Å². The van der Waals surface area contributed by atoms with Crippen LogP contribution in [0.3, 0.4) is 0 Å². The summed E-state index contributed by atoms with van der Waals surface area (Å²) in [6.07, 6.45) is 17.9. The van der Waals surface area contributed by atoms with Gasteiger partial charge in [0, 0.05) is 13.2 Å². The molecule has 0 aromatic rings. The standard InChI is InChI=1S/C19H39NO/c1-2-3-4-5-6-7-8-9-10-11-15-20-16-12-13-19(18-20)14-17-21/h19,21H,2-18H2,1H3. The minimum absolute atomic E-state index is 0.372. The summed E-state index contributed by atoms with van der Waals surface area (Å²) >= 11 is 0. The van der Waals surface area contributed by atoms with Crippen molar-refractivity contribution in [2.24, 2.45) is 5.92 Å². The van der Waals surface area contributed by atoms with Crippen molar-refractivity contribution in [3.8, 4) is 0 Å². The molecule has 21 heavy (non-hydrogen) atoms. The maximum atomic E-state index is 9.05. The molecule has 2 heteroatoms. The second-order valence-electron chi connectivity index (χ2n) is 7.00. The highest BCUT2D eigenvalue weighted by Gasteiger charge is 2.18. The molecule has 0 aliphatic carbocycles. The monoisotopic (exact) mass is 297 g/mol. The van der Waals surface area contributed by atoms with Gasteiger partial charge in [-0.25, -0.2) is 0 Å². The number of rotatable bonds is 13. The van der Waals surface area contributed by atoms with E-state index in [1.54, 1.807) is 0 Å². The van der Waals surface area contributed by atoms with Gasteiger partial charge < -0.3 is 10.0 Å². The van der Waals surface area contributed by atoms with E-state index in [1.807, 2.05) is 0 Å². The maximum Gasteiger partial charge on any atom is 0.0434 e. The molecule has 1 rings (SSSR count). The average molecular weight is 298 g/mol. The van der Waals surface area contributed by atoms with Crippen molar-refractivity contribution >= 4 is 0 Å². The summed E-state index contributed by atoms with van der Waals surface area (Å²) in [5.41, 5.74) is 0. The number of unbranched alkanes of at least 4 members (excludes halogenated alkanes) is 9. The van der Waals surface area contributed by atoms with Gasteiger partial charge in [-0.05, 0) is 44.7 Å². The number of aliphatic hydroxyl groups excluding tert-OH is 1. The molecule has 1 saturated heterocycles. The van der Waals surface area contributed by atoms with Crippen LogP contribution >= 0.6 is 0 Å². The normalized spacial score (nSPS) is 20.0. The number of hydrogen-bond donors (Lipinski definition) is 1. The molecule has 1 heterocycles. The predicted molar refractivity (Wildman–Crippen MR) is 92.7 cm³/mol. The summed E-state index contributed by atoms with van der Waals surface area (Å²) in [5, 5.41) is 9.05. The van der Waals surface area contributed by atoms with E-state index in [2.05, 4.69) is 11.8 Å². The van der Waals surface area contributed by atoms with Crippen LogP contribution in [0.25, 0.3) is 0 Å². The topological polar surface area (TPSA) is 23.5 Å². The molecule has 1 N–H and O–H groups in total. The molecule has 0 amide bonds. The van der Waals surface area contributed by atoms with Crippen LogP contribution in [0.4, 0.5) is 0 Å². The number of aliphatic hydroxyl groups is 1. The first kappa shape index (κ1) is 19.0. The van der Waals surface area contributed by atoms with E-state index in [0.29, 0.717) is 6.61 Å². The van der Waals surface area contributed by atoms with Crippen molar-refractivity contribution in [2.75, 3.05) is 26.2 Å². The Hall–Kier alpha value is -0.0800. The van der Waals surface area contributed by atoms with Crippen molar-refractivity contribution in [2.45, 2.75) is 90.4 Å². The molecule has 1 fully saturated rings. The van der Waals surface area contributed by atoms with Gasteiger partial charge in [0.25, 0.3) is 0 Å². The Kier molecular flexibility index (Phi) is 12.3. The van der Waals surface area contributed by atoms with E-state index in [9.17, 15) is 0 Å². The summed E-state index contributed by atoms with van der Waals surface area (Å²) in [5.74, 6) is 0.756. The third kappa shape index (κ3) is 10.3. The highest BCUT2D eigenvalue weighted by atomic mass is 16.3. The van der Waals surface area contributed by atoms with Crippen LogP contribution in [-0.2, 0) is 0 Å². The summed E-state index contributed by atoms with van der Waals surface area (Å²) in [7, 11) is 0. The van der Waals surface area contributed by atoms with E-state index < -0.39 is 0 Å². The quantitative estimate of drug-likeness (QED) is 0.483. The van der Waals surface area contributed by atoms with Gasteiger partial charge in [0.1, 0.15) is 0 Å². The average Bonchev–Trinajstić information content (AvgIpc) is 2.50. The SMILES string of the molecule is CCCCCCCCCCCCN1CCCC(CCO)C1. The van der Waals surface area contributed by atoms with Crippen molar-refractivity contribution in [1.82, 2.24) is 4.90 Å². The van der Waals surface area contributed by atoms with E-state index in [-0.39, 0.29) is 0 Å². The fraction of sp³-hybridized carbons (Fsp3) is 1.00. The van der Waals surface area contributed by atoms with E-state index >= 15 is 0 Å². The van der Waals surface area contributed by atoms with Crippen LogP contribution in [0, 0.1) is 5.92 Å². The van der Waals surface area contributed by atoms with E-state index in [4.69, 9.17) is 5.11 Å². The molecular weight excluding hydrogens is 258 g/mol. The highest BCUT2D eigenvalue weighted by molar-refractivity contribution is 4.72. The molecule has 0 aromatic carbocycles. The smallest absolute Gasteiger partial charge is 0.0434 e. The van der Waals surface area contributed by atoms with Gasteiger partial charge in [0.05, 0.1) is 0 Å². The van der Waals surface area contributed by atoms with E-state index in [0.717, 1.165) is 12.3 Å². The minimum atomic E-state index is 0.372. The Morgan fingerprint density at radius 1 is 0.905 bits per heavy atom. The van der Waals surface area contributed by atoms with E-state index in [1.165, 1.54) is 96.7 Å². The lowest BCUT2D eigenvalue weighted by Crippen LogP contribution is -2.36. The molecule has 126 valence electrons. The Morgan fingerprint density at radius 2 is 1.52 bits per heavy atom. The van der Waals surface area contributed by atoms with Gasteiger partial charge in [-0.15, -0.1) is 0 Å². The summed E-state index contributed by atoms with van der Waals surface area (Å²) in [6, 6.07) is 0. The molecule has 1 aliphatic heterocycles. The number of likely N-dealkylation sites (tertiary alicyclic amines) is 1. The lowest BCUT2D eigenvalue weighted by molar-refractivity contribution is 0.146. The lowest BCUT2D eigenvalue weighted by Gasteiger charge is -2.32. The van der Waals surface area contributed by atoms with Gasteiger partial charge in [0.15, 0.2) is 0 Å². The molecule has 2 nitrogen and oxygen atoms in total. The van der Waals surface area contributed by atoms with Gasteiger partial charge in [-0.2, -0.15) is 0 Å². The molecule has 0 bridgehead atoms. The zero-order valence-corrected chi connectivity index (χ0v) is 14.5. The number of hydrogen-bond acceptors (Lipinski definition) is 2. The van der Waals surface area contributed by atoms with Crippen molar-refractivity contribution in [3.63, 3.8) is 0 Å². The minimum Gasteiger partial charge on any atom is -0.396 e. The molecule has 0 aromatic heterocycles. The summed E-state index contributed by atoms with van der Waals surface area (Å²) in [4.78, 5) is 2.63. The predicted octanol–water partition coefficient (Wildman–Crippen LogP) is 5.00. The van der Waals surface area contributed by atoms with Gasteiger partial charge in [0.2, 0.25) is 0 Å². The molecule has 1 aliphatic rings. The first-order valence-electron chi connectivity index (χ1n) is 9.70. The van der Waals surface area contributed by atoms with Crippen LogP contribution < -0.4 is 0 Å². The zero-order valence-electron chi connectivity index (χ0n) is 14.5. The Bertz CT molecular complexity index is 218. The zero-order chi connectivity index (χ0) is 15.2. The molecule has 0 spiro atoms. The first-order chi connectivity index (χ1) is 10.4. The van der Waals surface area contributed by atoms with Gasteiger partial charge in [-0.1, -0.05) is 64.7 Å².